The number of anilines is 1. The van der Waals surface area contributed by atoms with E-state index in [0.29, 0.717) is 22.3 Å². The molecule has 1 atom stereocenters. The maximum absolute atomic E-state index is 12.0. The van der Waals surface area contributed by atoms with Crippen molar-refractivity contribution in [3.63, 3.8) is 0 Å². The van der Waals surface area contributed by atoms with Crippen LogP contribution >= 0.6 is 23.2 Å². The van der Waals surface area contributed by atoms with E-state index in [9.17, 15) is 4.79 Å². The van der Waals surface area contributed by atoms with E-state index < -0.39 is 0 Å². The van der Waals surface area contributed by atoms with Gasteiger partial charge in [-0.3, -0.25) is 4.79 Å². The molecule has 2 aromatic rings. The molecule has 0 spiro atoms. The van der Waals surface area contributed by atoms with E-state index >= 15 is 0 Å². The van der Waals surface area contributed by atoms with Crippen molar-refractivity contribution in [3.05, 3.63) is 63.6 Å². The summed E-state index contributed by atoms with van der Waals surface area (Å²) >= 11 is 11.9. The van der Waals surface area contributed by atoms with Gasteiger partial charge in [-0.1, -0.05) is 41.4 Å². The maximum Gasteiger partial charge on any atom is 0.279 e. The van der Waals surface area contributed by atoms with Crippen molar-refractivity contribution in [2.24, 2.45) is 0 Å². The van der Waals surface area contributed by atoms with Gasteiger partial charge in [0.05, 0.1) is 0 Å². The highest BCUT2D eigenvalue weighted by Crippen LogP contribution is 2.19. The number of nitrogens with two attached hydrogens (primary N) is 1. The van der Waals surface area contributed by atoms with Crippen LogP contribution in [0.2, 0.25) is 10.0 Å². The normalized spacial score (nSPS) is 12.0. The van der Waals surface area contributed by atoms with E-state index in [1.54, 1.807) is 6.07 Å². The number of quaternary nitrogens is 1. The Balaban J connectivity index is 1.86. The summed E-state index contributed by atoms with van der Waals surface area (Å²) in [6.45, 7) is 4.32. The molecule has 0 fully saturated rings. The lowest BCUT2D eigenvalue weighted by Gasteiger charge is -2.11. The Labute approximate surface area is 140 Å². The van der Waals surface area contributed by atoms with E-state index in [0.717, 1.165) is 11.1 Å². The average molecular weight is 338 g/mol. The van der Waals surface area contributed by atoms with Crippen LogP contribution in [0.5, 0.6) is 0 Å². The molecule has 0 saturated carbocycles. The van der Waals surface area contributed by atoms with Crippen LogP contribution < -0.4 is 10.6 Å². The third-order valence-corrected chi connectivity index (χ3v) is 4.17. The van der Waals surface area contributed by atoms with Gasteiger partial charge in [-0.15, -0.1) is 0 Å². The molecule has 0 bridgehead atoms. The summed E-state index contributed by atoms with van der Waals surface area (Å²) in [6.07, 6.45) is 0. The quantitative estimate of drug-likeness (QED) is 0.860. The van der Waals surface area contributed by atoms with Crippen LogP contribution in [0, 0.1) is 6.92 Å². The van der Waals surface area contributed by atoms with Crippen LogP contribution in [0.4, 0.5) is 5.69 Å². The molecule has 0 heterocycles. The zero-order valence-corrected chi connectivity index (χ0v) is 14.1. The van der Waals surface area contributed by atoms with Crippen LogP contribution in [0.3, 0.4) is 0 Å². The number of benzene rings is 2. The summed E-state index contributed by atoms with van der Waals surface area (Å²) in [4.78, 5) is 12.0. The van der Waals surface area contributed by atoms with Gasteiger partial charge >= 0.3 is 0 Å². The fraction of sp³-hybridized carbons (Fsp3) is 0.235. The molecule has 2 aromatic carbocycles. The number of halogens is 2. The lowest BCUT2D eigenvalue weighted by Crippen LogP contribution is -2.86. The number of carbonyl (C=O) groups excluding carboxylic acids is 1. The number of rotatable bonds is 5. The number of hydrogen-bond donors (Lipinski definition) is 2. The number of hydrogen-bond acceptors (Lipinski definition) is 1. The van der Waals surface area contributed by atoms with Gasteiger partial charge in [0.2, 0.25) is 0 Å². The fourth-order valence-electron chi connectivity index (χ4n) is 2.07. The molecule has 3 nitrogen and oxygen atoms in total. The minimum atomic E-state index is -0.0549. The zero-order chi connectivity index (χ0) is 16.1. The topological polar surface area (TPSA) is 45.7 Å². The Kier molecular flexibility index (Phi) is 5.83. The third kappa shape index (κ3) is 4.73. The molecule has 3 N–H and O–H groups in total. The molecule has 0 aliphatic heterocycles. The Bertz CT molecular complexity index is 656. The van der Waals surface area contributed by atoms with Gasteiger partial charge in [-0.05, 0) is 43.7 Å². The number of carbonyl (C=O) groups is 1. The third-order valence-electron chi connectivity index (χ3n) is 3.51. The smallest absolute Gasteiger partial charge is 0.279 e. The van der Waals surface area contributed by atoms with Gasteiger partial charge < -0.3 is 10.6 Å². The van der Waals surface area contributed by atoms with Gasteiger partial charge in [-0.2, -0.15) is 0 Å². The van der Waals surface area contributed by atoms with Gasteiger partial charge in [0.25, 0.3) is 5.91 Å². The van der Waals surface area contributed by atoms with Crippen molar-refractivity contribution in [2.45, 2.75) is 19.9 Å². The van der Waals surface area contributed by atoms with E-state index in [2.05, 4.69) is 12.2 Å². The molecule has 2 rings (SSSR count). The largest absolute Gasteiger partial charge is 0.333 e. The SMILES string of the molecule is Cc1ccc(NC(=O)C[NH2+][C@H](C)c2ccc(Cl)cc2)cc1Cl. The summed E-state index contributed by atoms with van der Waals surface area (Å²) in [6, 6.07) is 13.3. The second kappa shape index (κ2) is 7.63. The predicted octanol–water partition coefficient (Wildman–Crippen LogP) is 3.56. The van der Waals surface area contributed by atoms with Crippen molar-refractivity contribution in [2.75, 3.05) is 11.9 Å². The monoisotopic (exact) mass is 337 g/mol. The second-order valence-corrected chi connectivity index (χ2v) is 6.14. The molecule has 0 saturated heterocycles. The zero-order valence-electron chi connectivity index (χ0n) is 12.6. The minimum absolute atomic E-state index is 0.0549. The first-order chi connectivity index (χ1) is 10.5. The molecule has 0 aromatic heterocycles. The van der Waals surface area contributed by atoms with Crippen molar-refractivity contribution in [3.8, 4) is 0 Å². The standard InChI is InChI=1S/C17H18Cl2N2O/c1-11-3-8-15(9-16(11)19)21-17(22)10-20-12(2)13-4-6-14(18)7-5-13/h3-9,12,20H,10H2,1-2H3,(H,21,22)/p+1/t12-/m1/s1. The Morgan fingerprint density at radius 3 is 2.50 bits per heavy atom. The first kappa shape index (κ1) is 16.8. The predicted molar refractivity (Wildman–Crippen MR) is 91.5 cm³/mol. The Morgan fingerprint density at radius 2 is 1.86 bits per heavy atom. The number of nitrogens with one attached hydrogen (secondary N) is 1. The van der Waals surface area contributed by atoms with Gasteiger partial charge in [0.15, 0.2) is 6.54 Å². The number of aryl methyl sites for hydroxylation is 1. The van der Waals surface area contributed by atoms with Crippen LogP contribution in [0.25, 0.3) is 0 Å². The maximum atomic E-state index is 12.0. The molecule has 0 aliphatic carbocycles. The van der Waals surface area contributed by atoms with Crippen molar-refractivity contribution in [1.82, 2.24) is 0 Å². The first-order valence-corrected chi connectivity index (χ1v) is 7.86. The van der Waals surface area contributed by atoms with Crippen molar-refractivity contribution < 1.29 is 10.1 Å². The second-order valence-electron chi connectivity index (χ2n) is 5.29. The highest BCUT2D eigenvalue weighted by Gasteiger charge is 2.12. The number of amides is 1. The lowest BCUT2D eigenvalue weighted by atomic mass is 10.1. The average Bonchev–Trinajstić information content (AvgIpc) is 2.49. The molecule has 5 heteroatoms. The van der Waals surface area contributed by atoms with Crippen molar-refractivity contribution >= 4 is 34.8 Å². The molecular formula is C17H19Cl2N2O+. The molecule has 0 unspecified atom stereocenters. The minimum Gasteiger partial charge on any atom is -0.333 e. The summed E-state index contributed by atoms with van der Waals surface area (Å²) in [5.41, 5.74) is 2.84. The van der Waals surface area contributed by atoms with Crippen LogP contribution in [0.15, 0.2) is 42.5 Å². The van der Waals surface area contributed by atoms with E-state index in [1.165, 1.54) is 0 Å². The summed E-state index contributed by atoms with van der Waals surface area (Å²) < 4.78 is 0. The molecule has 0 aliphatic rings. The highest BCUT2D eigenvalue weighted by atomic mass is 35.5. The van der Waals surface area contributed by atoms with Gasteiger partial charge in [-0.25, -0.2) is 0 Å². The van der Waals surface area contributed by atoms with Gasteiger partial charge in [0.1, 0.15) is 6.04 Å². The van der Waals surface area contributed by atoms with E-state index in [-0.39, 0.29) is 11.9 Å². The summed E-state index contributed by atoms with van der Waals surface area (Å²) in [7, 11) is 0. The first-order valence-electron chi connectivity index (χ1n) is 7.10. The fourth-order valence-corrected chi connectivity index (χ4v) is 2.38. The molecule has 0 radical (unpaired) electrons. The molecule has 1 amide bonds. The Morgan fingerprint density at radius 1 is 1.18 bits per heavy atom. The lowest BCUT2D eigenvalue weighted by molar-refractivity contribution is -0.682. The molecule has 116 valence electrons. The Hall–Kier alpha value is -1.55. The summed E-state index contributed by atoms with van der Waals surface area (Å²) in [5.74, 6) is -0.0549. The van der Waals surface area contributed by atoms with Crippen LogP contribution in [-0.2, 0) is 4.79 Å². The van der Waals surface area contributed by atoms with E-state index in [4.69, 9.17) is 23.2 Å². The molecular weight excluding hydrogens is 319 g/mol. The molecule has 22 heavy (non-hydrogen) atoms. The van der Waals surface area contributed by atoms with Crippen molar-refractivity contribution in [1.29, 1.82) is 0 Å². The highest BCUT2D eigenvalue weighted by molar-refractivity contribution is 6.31. The van der Waals surface area contributed by atoms with Crippen LogP contribution in [0.1, 0.15) is 24.1 Å². The van der Waals surface area contributed by atoms with E-state index in [1.807, 2.05) is 48.6 Å². The van der Waals surface area contributed by atoms with Crippen LogP contribution in [-0.4, -0.2) is 12.5 Å². The van der Waals surface area contributed by atoms with Gasteiger partial charge in [0, 0.05) is 21.3 Å². The summed E-state index contributed by atoms with van der Waals surface area (Å²) in [5, 5.41) is 6.19.